The Bertz CT molecular complexity index is 1670. The van der Waals surface area contributed by atoms with Crippen LogP contribution in [0.4, 0.5) is 5.69 Å². The summed E-state index contributed by atoms with van der Waals surface area (Å²) in [6, 6.07) is 33.4. The highest BCUT2D eigenvalue weighted by Gasteiger charge is 2.25. The molecule has 0 radical (unpaired) electrons. The summed E-state index contributed by atoms with van der Waals surface area (Å²) in [5.41, 5.74) is 5.47. The van der Waals surface area contributed by atoms with E-state index in [9.17, 15) is 13.2 Å². The van der Waals surface area contributed by atoms with E-state index in [2.05, 4.69) is 77.5 Å². The quantitative estimate of drug-likeness (QED) is 0.156. The molecule has 0 spiro atoms. The molecular formula is C37H44N4O3S2. The number of primary sulfonamides is 1. The van der Waals surface area contributed by atoms with Gasteiger partial charge in [0.25, 0.3) is 5.91 Å². The van der Waals surface area contributed by atoms with Gasteiger partial charge in [0.05, 0.1) is 4.90 Å². The van der Waals surface area contributed by atoms with Gasteiger partial charge >= 0.3 is 0 Å². The molecule has 0 bridgehead atoms. The molecule has 0 aliphatic carbocycles. The number of carbonyl (C=O) groups is 1. The molecule has 0 atom stereocenters. The first kappa shape index (κ1) is 33.7. The number of sulfonamides is 1. The SMILES string of the molecule is CC1(C)CCN(c2ccc(C(=O)NCc3ccc(CN(CCSc4ccccc4)Cc4ccc(S(N)(=O)=O)cc4)cc3)cc2)CC1. The van der Waals surface area contributed by atoms with Crippen LogP contribution in [-0.4, -0.2) is 44.6 Å². The van der Waals surface area contributed by atoms with Crippen molar-refractivity contribution in [1.29, 1.82) is 0 Å². The average Bonchev–Trinajstić information content (AvgIpc) is 3.05. The second-order valence-electron chi connectivity index (χ2n) is 12.8. The zero-order chi connectivity index (χ0) is 32.6. The van der Waals surface area contributed by atoms with E-state index >= 15 is 0 Å². The van der Waals surface area contributed by atoms with E-state index in [-0.39, 0.29) is 10.8 Å². The molecule has 1 aliphatic heterocycles. The lowest BCUT2D eigenvalue weighted by Gasteiger charge is -2.38. The minimum atomic E-state index is -3.73. The standard InChI is InChI=1S/C37H44N4O3S2/c1-37(2)20-22-41(23-21-37)33-16-14-32(15-17-33)36(42)39-26-29-8-10-30(11-9-29)27-40(24-25-45-34-6-4-3-5-7-34)28-31-12-18-35(19-13-31)46(38,43)44/h3-19H,20-28H2,1-2H3,(H,39,42)(H2,38,43,44). The van der Waals surface area contributed by atoms with E-state index in [1.165, 1.54) is 23.4 Å². The largest absolute Gasteiger partial charge is 0.371 e. The van der Waals surface area contributed by atoms with Crippen molar-refractivity contribution in [3.05, 3.63) is 125 Å². The number of piperidine rings is 1. The van der Waals surface area contributed by atoms with Crippen LogP contribution in [0.1, 0.15) is 53.7 Å². The Kier molecular flexibility index (Phi) is 11.2. The Morgan fingerprint density at radius 3 is 1.98 bits per heavy atom. The van der Waals surface area contributed by atoms with Crippen molar-refractivity contribution in [3.8, 4) is 0 Å². The number of thioether (sulfide) groups is 1. The van der Waals surface area contributed by atoms with Gasteiger partial charge in [0.1, 0.15) is 0 Å². The van der Waals surface area contributed by atoms with E-state index in [0.29, 0.717) is 24.1 Å². The number of benzene rings is 4. The van der Waals surface area contributed by atoms with Crippen LogP contribution < -0.4 is 15.4 Å². The zero-order valence-corrected chi connectivity index (χ0v) is 28.3. The lowest BCUT2D eigenvalue weighted by molar-refractivity contribution is 0.0951. The fourth-order valence-corrected chi connectivity index (χ4v) is 7.02. The van der Waals surface area contributed by atoms with Gasteiger partial charge in [-0.05, 0) is 83.5 Å². The maximum atomic E-state index is 12.9. The first-order chi connectivity index (χ1) is 22.0. The molecule has 1 saturated heterocycles. The van der Waals surface area contributed by atoms with E-state index < -0.39 is 10.0 Å². The van der Waals surface area contributed by atoms with Crippen molar-refractivity contribution in [2.24, 2.45) is 10.6 Å². The predicted octanol–water partition coefficient (Wildman–Crippen LogP) is 6.68. The summed E-state index contributed by atoms with van der Waals surface area (Å²) in [6.07, 6.45) is 2.35. The predicted molar refractivity (Wildman–Crippen MR) is 188 cm³/mol. The number of rotatable bonds is 13. The number of carbonyl (C=O) groups excluding carboxylic acids is 1. The maximum absolute atomic E-state index is 12.9. The highest BCUT2D eigenvalue weighted by atomic mass is 32.2. The monoisotopic (exact) mass is 656 g/mol. The summed E-state index contributed by atoms with van der Waals surface area (Å²) in [6.45, 7) is 9.47. The summed E-state index contributed by atoms with van der Waals surface area (Å²) in [5, 5.41) is 8.34. The third kappa shape index (κ3) is 9.93. The molecule has 7 nitrogen and oxygen atoms in total. The van der Waals surface area contributed by atoms with Gasteiger partial charge in [-0.2, -0.15) is 0 Å². The first-order valence-corrected chi connectivity index (χ1v) is 18.3. The summed E-state index contributed by atoms with van der Waals surface area (Å²) >= 11 is 1.81. The molecule has 3 N–H and O–H groups in total. The number of hydrogen-bond acceptors (Lipinski definition) is 6. The first-order valence-electron chi connectivity index (χ1n) is 15.8. The lowest BCUT2D eigenvalue weighted by Crippen LogP contribution is -2.37. The summed E-state index contributed by atoms with van der Waals surface area (Å²) in [7, 11) is -3.73. The Labute approximate surface area is 278 Å². The molecule has 5 rings (SSSR count). The number of nitrogens with two attached hydrogens (primary N) is 1. The molecule has 4 aromatic rings. The number of hydrogen-bond donors (Lipinski definition) is 2. The van der Waals surface area contributed by atoms with Crippen LogP contribution in [0.3, 0.4) is 0 Å². The summed E-state index contributed by atoms with van der Waals surface area (Å²) in [4.78, 5) is 19.0. The molecule has 1 heterocycles. The second kappa shape index (κ2) is 15.3. The Balaban J connectivity index is 1.15. The van der Waals surface area contributed by atoms with Gasteiger partial charge in [0.2, 0.25) is 10.0 Å². The molecule has 1 fully saturated rings. The molecule has 0 saturated carbocycles. The van der Waals surface area contributed by atoms with Gasteiger partial charge < -0.3 is 10.2 Å². The fraction of sp³-hybridized carbons (Fsp3) is 0.324. The van der Waals surface area contributed by atoms with Gasteiger partial charge in [-0.25, -0.2) is 13.6 Å². The van der Waals surface area contributed by atoms with E-state index in [4.69, 9.17) is 5.14 Å². The van der Waals surface area contributed by atoms with Crippen molar-refractivity contribution in [2.45, 2.75) is 56.1 Å². The second-order valence-corrected chi connectivity index (χ2v) is 15.5. The van der Waals surface area contributed by atoms with Crippen LogP contribution in [-0.2, 0) is 29.7 Å². The summed E-state index contributed by atoms with van der Waals surface area (Å²) < 4.78 is 23.4. The number of anilines is 1. The topological polar surface area (TPSA) is 95.7 Å². The molecule has 46 heavy (non-hydrogen) atoms. The molecule has 9 heteroatoms. The minimum Gasteiger partial charge on any atom is -0.371 e. The number of nitrogens with zero attached hydrogens (tertiary/aromatic N) is 2. The lowest BCUT2D eigenvalue weighted by atomic mass is 9.82. The fourth-order valence-electron chi connectivity index (χ4n) is 5.57. The van der Waals surface area contributed by atoms with Crippen LogP contribution >= 0.6 is 11.8 Å². The van der Waals surface area contributed by atoms with Crippen molar-refractivity contribution < 1.29 is 13.2 Å². The number of amides is 1. The smallest absolute Gasteiger partial charge is 0.251 e. The molecule has 0 unspecified atom stereocenters. The highest BCUT2D eigenvalue weighted by Crippen LogP contribution is 2.32. The van der Waals surface area contributed by atoms with Gasteiger partial charge in [-0.15, -0.1) is 11.8 Å². The van der Waals surface area contributed by atoms with E-state index in [1.807, 2.05) is 54.2 Å². The van der Waals surface area contributed by atoms with Gasteiger partial charge in [0, 0.05) is 61.2 Å². The number of nitrogens with one attached hydrogen (secondary N) is 1. The Hall–Kier alpha value is -3.63. The van der Waals surface area contributed by atoms with Crippen LogP contribution in [0.25, 0.3) is 0 Å². The Morgan fingerprint density at radius 1 is 0.826 bits per heavy atom. The average molecular weight is 657 g/mol. The van der Waals surface area contributed by atoms with Crippen molar-refractivity contribution >= 4 is 33.4 Å². The maximum Gasteiger partial charge on any atom is 0.251 e. The van der Waals surface area contributed by atoms with Crippen LogP contribution in [0.5, 0.6) is 0 Å². The van der Waals surface area contributed by atoms with Crippen molar-refractivity contribution in [1.82, 2.24) is 10.2 Å². The van der Waals surface area contributed by atoms with Crippen molar-refractivity contribution in [2.75, 3.05) is 30.3 Å². The molecule has 0 aromatic heterocycles. The molecular weight excluding hydrogens is 613 g/mol. The molecule has 1 amide bonds. The van der Waals surface area contributed by atoms with Crippen LogP contribution in [0.15, 0.2) is 113 Å². The van der Waals surface area contributed by atoms with Gasteiger partial charge in [0.15, 0.2) is 0 Å². The summed E-state index contributed by atoms with van der Waals surface area (Å²) in [5.74, 6) is 0.839. The normalized spacial score (nSPS) is 14.7. The highest BCUT2D eigenvalue weighted by molar-refractivity contribution is 7.99. The third-order valence-corrected chi connectivity index (χ3v) is 10.5. The molecule has 242 valence electrons. The van der Waals surface area contributed by atoms with Crippen LogP contribution in [0.2, 0.25) is 0 Å². The van der Waals surface area contributed by atoms with E-state index in [0.717, 1.165) is 48.6 Å². The molecule has 4 aromatic carbocycles. The van der Waals surface area contributed by atoms with E-state index in [1.54, 1.807) is 12.1 Å². The van der Waals surface area contributed by atoms with Gasteiger partial charge in [-0.3, -0.25) is 9.69 Å². The minimum absolute atomic E-state index is 0.0778. The van der Waals surface area contributed by atoms with Crippen LogP contribution in [0, 0.1) is 5.41 Å². The Morgan fingerprint density at radius 2 is 1.39 bits per heavy atom. The van der Waals surface area contributed by atoms with Gasteiger partial charge in [-0.1, -0.05) is 68.4 Å². The molecule has 1 aliphatic rings. The zero-order valence-electron chi connectivity index (χ0n) is 26.7. The van der Waals surface area contributed by atoms with Crippen molar-refractivity contribution in [3.63, 3.8) is 0 Å². The third-order valence-electron chi connectivity index (χ3n) is 8.57.